The average molecular weight is 296 g/mol. The number of guanidine groups is 1. The van der Waals surface area contributed by atoms with Gasteiger partial charge in [0.05, 0.1) is 10.7 Å². The Bertz CT molecular complexity index is 424. The molecule has 0 aliphatic carbocycles. The molecule has 0 aliphatic heterocycles. The first-order chi connectivity index (χ1) is 9.56. The van der Waals surface area contributed by atoms with E-state index < -0.39 is 0 Å². The normalized spacial score (nSPS) is 12.0. The van der Waals surface area contributed by atoms with Crippen molar-refractivity contribution < 1.29 is 0 Å². The number of aromatic nitrogens is 1. The van der Waals surface area contributed by atoms with Crippen molar-refractivity contribution in [2.24, 2.45) is 10.9 Å². The molecular weight excluding hydrogens is 268 g/mol. The van der Waals surface area contributed by atoms with E-state index in [1.807, 2.05) is 18.4 Å². The van der Waals surface area contributed by atoms with E-state index in [0.717, 1.165) is 38.3 Å². The first-order valence-electron chi connectivity index (χ1n) is 7.46. The van der Waals surface area contributed by atoms with Crippen LogP contribution in [-0.4, -0.2) is 31.1 Å². The molecule has 2 N–H and O–H groups in total. The molecule has 1 aromatic heterocycles. The topological polar surface area (TPSA) is 49.3 Å². The summed E-state index contributed by atoms with van der Waals surface area (Å²) in [6.07, 6.45) is 3.14. The van der Waals surface area contributed by atoms with Crippen molar-refractivity contribution in [3.8, 4) is 0 Å². The maximum absolute atomic E-state index is 4.65. The molecule has 0 spiro atoms. The van der Waals surface area contributed by atoms with Crippen LogP contribution in [-0.2, 0) is 12.8 Å². The van der Waals surface area contributed by atoms with E-state index in [0.29, 0.717) is 5.92 Å². The minimum absolute atomic E-state index is 0.714. The zero-order chi connectivity index (χ0) is 15.0. The number of thiazole rings is 1. The first kappa shape index (κ1) is 17.0. The highest BCUT2D eigenvalue weighted by Crippen LogP contribution is 2.17. The van der Waals surface area contributed by atoms with Gasteiger partial charge < -0.3 is 10.6 Å². The summed E-state index contributed by atoms with van der Waals surface area (Å²) < 4.78 is 0. The first-order valence-corrected chi connectivity index (χ1v) is 8.28. The molecule has 20 heavy (non-hydrogen) atoms. The Kier molecular flexibility index (Phi) is 7.59. The molecule has 0 amide bonds. The van der Waals surface area contributed by atoms with Gasteiger partial charge >= 0.3 is 0 Å². The highest BCUT2D eigenvalue weighted by molar-refractivity contribution is 7.11. The maximum atomic E-state index is 4.65. The Hall–Kier alpha value is -1.10. The van der Waals surface area contributed by atoms with Gasteiger partial charge in [0.2, 0.25) is 0 Å². The van der Waals surface area contributed by atoms with Crippen molar-refractivity contribution >= 4 is 17.3 Å². The third kappa shape index (κ3) is 5.90. The molecule has 4 nitrogen and oxygen atoms in total. The Morgan fingerprint density at radius 3 is 2.55 bits per heavy atom. The second-order valence-electron chi connectivity index (χ2n) is 5.32. The molecule has 0 unspecified atom stereocenters. The largest absolute Gasteiger partial charge is 0.356 e. The van der Waals surface area contributed by atoms with Gasteiger partial charge in [0.1, 0.15) is 0 Å². The van der Waals surface area contributed by atoms with Crippen molar-refractivity contribution in [3.05, 3.63) is 15.6 Å². The third-order valence-electron chi connectivity index (χ3n) is 3.14. The lowest BCUT2D eigenvalue weighted by Gasteiger charge is -2.12. The Labute approximate surface area is 127 Å². The number of nitrogens with zero attached hydrogens (tertiary/aromatic N) is 2. The lowest BCUT2D eigenvalue weighted by molar-refractivity contribution is 0.573. The van der Waals surface area contributed by atoms with Crippen molar-refractivity contribution in [2.75, 3.05) is 20.1 Å². The molecule has 5 heteroatoms. The predicted molar refractivity (Wildman–Crippen MR) is 88.8 cm³/mol. The van der Waals surface area contributed by atoms with Crippen LogP contribution in [0.15, 0.2) is 4.99 Å². The highest BCUT2D eigenvalue weighted by atomic mass is 32.1. The molecule has 0 bridgehead atoms. The molecule has 0 atom stereocenters. The minimum Gasteiger partial charge on any atom is -0.356 e. The monoisotopic (exact) mass is 296 g/mol. The van der Waals surface area contributed by atoms with Crippen LogP contribution in [0.1, 0.15) is 42.8 Å². The van der Waals surface area contributed by atoms with Crippen LogP contribution in [0.25, 0.3) is 0 Å². The van der Waals surface area contributed by atoms with Gasteiger partial charge in [-0.05, 0) is 25.7 Å². The minimum atomic E-state index is 0.714. The van der Waals surface area contributed by atoms with Crippen LogP contribution in [0.3, 0.4) is 0 Å². The number of nitrogens with one attached hydrogen (secondary N) is 2. The van der Waals surface area contributed by atoms with Gasteiger partial charge in [0.15, 0.2) is 5.96 Å². The standard InChI is InChI=1S/C15H28N4S/c1-6-13-12(4)20-14(19-13)8-10-18-15(16-5)17-9-7-11(2)3/h11H,6-10H2,1-5H3,(H2,16,17,18). The molecular formula is C15H28N4S. The summed E-state index contributed by atoms with van der Waals surface area (Å²) in [6.45, 7) is 10.6. The summed E-state index contributed by atoms with van der Waals surface area (Å²) in [4.78, 5) is 10.2. The van der Waals surface area contributed by atoms with Gasteiger partial charge in [-0.25, -0.2) is 4.98 Å². The summed E-state index contributed by atoms with van der Waals surface area (Å²) in [5, 5.41) is 7.89. The van der Waals surface area contributed by atoms with Crippen molar-refractivity contribution in [2.45, 2.75) is 47.0 Å². The summed E-state index contributed by atoms with van der Waals surface area (Å²) in [5.41, 5.74) is 1.24. The van der Waals surface area contributed by atoms with Crippen LogP contribution < -0.4 is 10.6 Å². The molecule has 114 valence electrons. The fraction of sp³-hybridized carbons (Fsp3) is 0.733. The zero-order valence-corrected chi connectivity index (χ0v) is 14.2. The number of aryl methyl sites for hydroxylation is 2. The van der Waals surface area contributed by atoms with Gasteiger partial charge in [0.25, 0.3) is 0 Å². The predicted octanol–water partition coefficient (Wildman–Crippen LogP) is 2.77. The quantitative estimate of drug-likeness (QED) is 0.601. The Balaban J connectivity index is 2.30. The van der Waals surface area contributed by atoms with E-state index in [-0.39, 0.29) is 0 Å². The summed E-state index contributed by atoms with van der Waals surface area (Å²) in [5.74, 6) is 1.60. The third-order valence-corrected chi connectivity index (χ3v) is 4.21. The average Bonchev–Trinajstić information content (AvgIpc) is 2.77. The molecule has 0 aromatic carbocycles. The van der Waals surface area contributed by atoms with E-state index in [1.54, 1.807) is 0 Å². The highest BCUT2D eigenvalue weighted by Gasteiger charge is 2.06. The molecule has 1 aromatic rings. The Morgan fingerprint density at radius 2 is 2.00 bits per heavy atom. The van der Waals surface area contributed by atoms with Crippen LogP contribution in [0.2, 0.25) is 0 Å². The lowest BCUT2D eigenvalue weighted by Crippen LogP contribution is -2.39. The molecule has 0 aliphatic rings. The van der Waals surface area contributed by atoms with Crippen molar-refractivity contribution in [1.82, 2.24) is 15.6 Å². The fourth-order valence-electron chi connectivity index (χ4n) is 1.91. The molecule has 1 heterocycles. The van der Waals surface area contributed by atoms with Crippen LogP contribution in [0.4, 0.5) is 0 Å². The summed E-state index contributed by atoms with van der Waals surface area (Å²) in [7, 11) is 1.81. The van der Waals surface area contributed by atoms with E-state index in [1.165, 1.54) is 15.6 Å². The van der Waals surface area contributed by atoms with E-state index >= 15 is 0 Å². The number of rotatable bonds is 7. The van der Waals surface area contributed by atoms with E-state index in [9.17, 15) is 0 Å². The second kappa shape index (κ2) is 8.95. The van der Waals surface area contributed by atoms with E-state index in [4.69, 9.17) is 0 Å². The van der Waals surface area contributed by atoms with Crippen LogP contribution in [0, 0.1) is 12.8 Å². The smallest absolute Gasteiger partial charge is 0.190 e. The van der Waals surface area contributed by atoms with Gasteiger partial charge in [0, 0.05) is 31.4 Å². The van der Waals surface area contributed by atoms with Gasteiger partial charge in [-0.15, -0.1) is 11.3 Å². The van der Waals surface area contributed by atoms with Crippen LogP contribution in [0.5, 0.6) is 0 Å². The lowest BCUT2D eigenvalue weighted by atomic mass is 10.1. The van der Waals surface area contributed by atoms with Gasteiger partial charge in [-0.2, -0.15) is 0 Å². The fourth-order valence-corrected chi connectivity index (χ4v) is 2.93. The maximum Gasteiger partial charge on any atom is 0.190 e. The summed E-state index contributed by atoms with van der Waals surface area (Å²) in [6, 6.07) is 0. The number of hydrogen-bond donors (Lipinski definition) is 2. The molecule has 0 radical (unpaired) electrons. The molecule has 1 rings (SSSR count). The molecule has 0 saturated carbocycles. The van der Waals surface area contributed by atoms with Crippen molar-refractivity contribution in [1.29, 1.82) is 0 Å². The van der Waals surface area contributed by atoms with E-state index in [2.05, 4.69) is 48.3 Å². The summed E-state index contributed by atoms with van der Waals surface area (Å²) >= 11 is 1.81. The second-order valence-corrected chi connectivity index (χ2v) is 6.61. The number of hydrogen-bond acceptors (Lipinski definition) is 3. The van der Waals surface area contributed by atoms with Crippen LogP contribution >= 0.6 is 11.3 Å². The molecule has 0 fully saturated rings. The SMILES string of the molecule is CCc1nc(CCNC(=NC)NCCC(C)C)sc1C. The molecule has 0 saturated heterocycles. The Morgan fingerprint density at radius 1 is 1.30 bits per heavy atom. The number of aliphatic imine (C=N–C) groups is 1. The zero-order valence-electron chi connectivity index (χ0n) is 13.4. The van der Waals surface area contributed by atoms with Gasteiger partial charge in [-0.3, -0.25) is 4.99 Å². The van der Waals surface area contributed by atoms with Crippen molar-refractivity contribution in [3.63, 3.8) is 0 Å². The van der Waals surface area contributed by atoms with Gasteiger partial charge in [-0.1, -0.05) is 20.8 Å².